The van der Waals surface area contributed by atoms with Crippen LogP contribution in [0.25, 0.3) is 0 Å². The molecule has 1 aromatic heterocycles. The molecule has 0 spiro atoms. The Labute approximate surface area is 97.4 Å². The van der Waals surface area contributed by atoms with Crippen molar-refractivity contribution < 1.29 is 0 Å². The van der Waals surface area contributed by atoms with E-state index in [1.165, 1.54) is 19.3 Å². The molecule has 0 radical (unpaired) electrons. The van der Waals surface area contributed by atoms with Gasteiger partial charge in [0.1, 0.15) is 0 Å². The highest BCUT2D eigenvalue weighted by Crippen LogP contribution is 2.33. The molecule has 0 aromatic carbocycles. The van der Waals surface area contributed by atoms with E-state index in [0.29, 0.717) is 6.04 Å². The molecule has 0 bridgehead atoms. The largest absolute Gasteiger partial charge is 0.308 e. The summed E-state index contributed by atoms with van der Waals surface area (Å²) in [5.41, 5.74) is 1.16. The highest BCUT2D eigenvalue weighted by atomic mass is 15.4. The van der Waals surface area contributed by atoms with Crippen LogP contribution in [0.1, 0.15) is 38.8 Å². The zero-order chi connectivity index (χ0) is 11.5. The van der Waals surface area contributed by atoms with Crippen molar-refractivity contribution in [2.75, 3.05) is 0 Å². The van der Waals surface area contributed by atoms with Crippen LogP contribution in [0, 0.1) is 11.8 Å². The number of aryl methyl sites for hydroxylation is 1. The van der Waals surface area contributed by atoms with Crippen molar-refractivity contribution >= 4 is 0 Å². The molecule has 1 aliphatic rings. The van der Waals surface area contributed by atoms with Crippen molar-refractivity contribution in [3.8, 4) is 0 Å². The highest BCUT2D eigenvalue weighted by molar-refractivity contribution is 4.95. The summed E-state index contributed by atoms with van der Waals surface area (Å²) < 4.78 is 1.84. The van der Waals surface area contributed by atoms with Gasteiger partial charge in [-0.15, -0.1) is 5.10 Å². The molecule has 1 aliphatic carbocycles. The van der Waals surface area contributed by atoms with E-state index in [1.54, 1.807) is 0 Å². The fourth-order valence-electron chi connectivity index (χ4n) is 2.82. The van der Waals surface area contributed by atoms with Crippen LogP contribution >= 0.6 is 0 Å². The molecule has 1 fully saturated rings. The zero-order valence-electron chi connectivity index (χ0n) is 10.5. The molecule has 0 saturated heterocycles. The molecule has 16 heavy (non-hydrogen) atoms. The molecule has 0 aliphatic heterocycles. The van der Waals surface area contributed by atoms with Crippen LogP contribution in [0.15, 0.2) is 6.20 Å². The van der Waals surface area contributed by atoms with Gasteiger partial charge in [-0.1, -0.05) is 25.5 Å². The lowest BCUT2D eigenvalue weighted by Gasteiger charge is -2.20. The number of aromatic nitrogens is 3. The molecule has 1 aromatic rings. The van der Waals surface area contributed by atoms with E-state index in [-0.39, 0.29) is 0 Å². The van der Waals surface area contributed by atoms with Gasteiger partial charge in [-0.3, -0.25) is 4.68 Å². The van der Waals surface area contributed by atoms with Crippen molar-refractivity contribution in [2.45, 2.75) is 45.7 Å². The summed E-state index contributed by atoms with van der Waals surface area (Å²) in [5, 5.41) is 11.5. The van der Waals surface area contributed by atoms with Gasteiger partial charge >= 0.3 is 0 Å². The lowest BCUT2D eigenvalue weighted by Crippen LogP contribution is -2.32. The van der Waals surface area contributed by atoms with Gasteiger partial charge in [0.15, 0.2) is 0 Å². The predicted molar refractivity (Wildman–Crippen MR) is 63.8 cm³/mol. The maximum absolute atomic E-state index is 3.94. The van der Waals surface area contributed by atoms with Crippen LogP contribution in [-0.4, -0.2) is 21.0 Å². The molecule has 3 unspecified atom stereocenters. The van der Waals surface area contributed by atoms with Crippen LogP contribution < -0.4 is 5.32 Å². The first-order valence-electron chi connectivity index (χ1n) is 6.29. The average Bonchev–Trinajstić information content (AvgIpc) is 2.83. The molecule has 1 heterocycles. The van der Waals surface area contributed by atoms with E-state index in [0.717, 1.165) is 24.1 Å². The second-order valence-electron chi connectivity index (χ2n) is 4.94. The summed E-state index contributed by atoms with van der Waals surface area (Å²) in [5.74, 6) is 1.70. The van der Waals surface area contributed by atoms with Crippen molar-refractivity contribution in [3.63, 3.8) is 0 Å². The Morgan fingerprint density at radius 3 is 2.88 bits per heavy atom. The number of hydrogen-bond donors (Lipinski definition) is 1. The first-order valence-corrected chi connectivity index (χ1v) is 6.29. The van der Waals surface area contributed by atoms with Gasteiger partial charge < -0.3 is 5.32 Å². The van der Waals surface area contributed by atoms with E-state index in [9.17, 15) is 0 Å². The van der Waals surface area contributed by atoms with Gasteiger partial charge in [0, 0.05) is 19.6 Å². The fourth-order valence-corrected chi connectivity index (χ4v) is 2.82. The van der Waals surface area contributed by atoms with Crippen molar-refractivity contribution in [2.24, 2.45) is 18.9 Å². The summed E-state index contributed by atoms with van der Waals surface area (Å²) >= 11 is 0. The van der Waals surface area contributed by atoms with Crippen LogP contribution in [-0.2, 0) is 13.6 Å². The molecular formula is C12H22N4. The monoisotopic (exact) mass is 222 g/mol. The minimum atomic E-state index is 0.667. The van der Waals surface area contributed by atoms with Gasteiger partial charge in [-0.05, 0) is 24.7 Å². The summed E-state index contributed by atoms with van der Waals surface area (Å²) in [6, 6.07) is 0.667. The Hall–Kier alpha value is -0.900. The Morgan fingerprint density at radius 1 is 1.50 bits per heavy atom. The molecule has 1 saturated carbocycles. The van der Waals surface area contributed by atoms with E-state index in [2.05, 4.69) is 29.5 Å². The molecule has 4 nitrogen and oxygen atoms in total. The molecular weight excluding hydrogens is 200 g/mol. The first-order chi connectivity index (χ1) is 7.72. The van der Waals surface area contributed by atoms with Gasteiger partial charge in [0.2, 0.25) is 0 Å². The van der Waals surface area contributed by atoms with Gasteiger partial charge in [0.25, 0.3) is 0 Å². The minimum absolute atomic E-state index is 0.667. The number of nitrogens with zero attached hydrogens (tertiary/aromatic N) is 3. The molecule has 3 atom stereocenters. The van der Waals surface area contributed by atoms with E-state index >= 15 is 0 Å². The fraction of sp³-hybridized carbons (Fsp3) is 0.833. The van der Waals surface area contributed by atoms with E-state index in [1.807, 2.05) is 17.9 Å². The van der Waals surface area contributed by atoms with Crippen LogP contribution in [0.2, 0.25) is 0 Å². The van der Waals surface area contributed by atoms with Crippen molar-refractivity contribution in [1.29, 1.82) is 0 Å². The van der Waals surface area contributed by atoms with E-state index in [4.69, 9.17) is 0 Å². The van der Waals surface area contributed by atoms with Crippen molar-refractivity contribution in [3.05, 3.63) is 11.9 Å². The molecule has 2 rings (SSSR count). The Morgan fingerprint density at radius 2 is 2.31 bits per heavy atom. The smallest absolute Gasteiger partial charge is 0.0738 e. The topological polar surface area (TPSA) is 42.7 Å². The quantitative estimate of drug-likeness (QED) is 0.843. The summed E-state index contributed by atoms with van der Waals surface area (Å²) in [6.07, 6.45) is 5.83. The summed E-state index contributed by atoms with van der Waals surface area (Å²) in [6.45, 7) is 5.56. The van der Waals surface area contributed by atoms with E-state index < -0.39 is 0 Å². The maximum atomic E-state index is 3.94. The Kier molecular flexibility index (Phi) is 3.59. The van der Waals surface area contributed by atoms with Gasteiger partial charge in [-0.25, -0.2) is 0 Å². The lowest BCUT2D eigenvalue weighted by molar-refractivity contribution is 0.342. The molecule has 0 amide bonds. The van der Waals surface area contributed by atoms with Gasteiger partial charge in [0.05, 0.1) is 11.9 Å². The SMILES string of the molecule is CCC1CCC(NCc2cnnn2C)C1C. The summed E-state index contributed by atoms with van der Waals surface area (Å²) in [4.78, 5) is 0. The zero-order valence-corrected chi connectivity index (χ0v) is 10.5. The predicted octanol–water partition coefficient (Wildman–Crippen LogP) is 1.73. The molecule has 1 N–H and O–H groups in total. The molecule has 4 heteroatoms. The molecule has 90 valence electrons. The minimum Gasteiger partial charge on any atom is -0.308 e. The third-order valence-electron chi connectivity index (χ3n) is 4.10. The Bertz CT molecular complexity index is 334. The van der Waals surface area contributed by atoms with Gasteiger partial charge in [-0.2, -0.15) is 0 Å². The third-order valence-corrected chi connectivity index (χ3v) is 4.10. The third kappa shape index (κ3) is 2.26. The summed E-state index contributed by atoms with van der Waals surface area (Å²) in [7, 11) is 1.94. The lowest BCUT2D eigenvalue weighted by atomic mass is 9.93. The number of rotatable bonds is 4. The second-order valence-corrected chi connectivity index (χ2v) is 4.94. The Balaban J connectivity index is 1.85. The second kappa shape index (κ2) is 4.95. The van der Waals surface area contributed by atoms with Crippen molar-refractivity contribution in [1.82, 2.24) is 20.3 Å². The standard InChI is InChI=1S/C12H22N4/c1-4-10-5-6-12(9(10)2)13-7-11-8-14-15-16(11)3/h8-10,12-13H,4-7H2,1-3H3. The van der Waals surface area contributed by atoms with Crippen LogP contribution in [0.3, 0.4) is 0 Å². The number of hydrogen-bond acceptors (Lipinski definition) is 3. The normalized spacial score (nSPS) is 29.8. The average molecular weight is 222 g/mol. The van der Waals surface area contributed by atoms with Crippen LogP contribution in [0.5, 0.6) is 0 Å². The highest BCUT2D eigenvalue weighted by Gasteiger charge is 2.30. The number of nitrogens with one attached hydrogen (secondary N) is 1. The van der Waals surface area contributed by atoms with Crippen LogP contribution in [0.4, 0.5) is 0 Å². The first kappa shape index (κ1) is 11.6. The maximum Gasteiger partial charge on any atom is 0.0738 e.